The molecule has 1 rings (SSSR count). The van der Waals surface area contributed by atoms with Gasteiger partial charge in [-0.1, -0.05) is 13.8 Å². The van der Waals surface area contributed by atoms with Crippen LogP contribution in [0.25, 0.3) is 0 Å². The fraction of sp³-hybridized carbons (Fsp3) is 0.812. The van der Waals surface area contributed by atoms with Crippen molar-refractivity contribution in [1.29, 1.82) is 0 Å². The Kier molecular flexibility index (Phi) is 6.50. The zero-order valence-electron chi connectivity index (χ0n) is 15.8. The standard InChI is InChI=1S/C16H29N3O6/c1-7-25-13(22)19-16(18-12(21)24-6)9-14(2,3)8-15(4,10-16)17-11(20)23-5/h7-10H2,1-6H3,(H,17,20)(H,18,21)(H,19,22). The van der Waals surface area contributed by atoms with Gasteiger partial charge in [0.1, 0.15) is 5.66 Å². The molecule has 0 aromatic heterocycles. The fourth-order valence-corrected chi connectivity index (χ4v) is 3.93. The molecule has 144 valence electrons. The number of ether oxygens (including phenoxy) is 3. The minimum Gasteiger partial charge on any atom is -0.453 e. The average Bonchev–Trinajstić information content (AvgIpc) is 2.43. The lowest BCUT2D eigenvalue weighted by molar-refractivity contribution is 0.0233. The van der Waals surface area contributed by atoms with E-state index in [0.717, 1.165) is 0 Å². The molecule has 3 amide bonds. The smallest absolute Gasteiger partial charge is 0.408 e. The van der Waals surface area contributed by atoms with Crippen LogP contribution in [-0.4, -0.2) is 50.3 Å². The maximum atomic E-state index is 12.0. The molecule has 9 nitrogen and oxygen atoms in total. The number of amides is 3. The number of carbonyl (C=O) groups is 3. The summed E-state index contributed by atoms with van der Waals surface area (Å²) in [5, 5.41) is 8.25. The Morgan fingerprint density at radius 3 is 1.88 bits per heavy atom. The van der Waals surface area contributed by atoms with E-state index in [0.29, 0.717) is 12.8 Å². The van der Waals surface area contributed by atoms with Crippen molar-refractivity contribution >= 4 is 18.3 Å². The molecule has 1 saturated carbocycles. The Morgan fingerprint density at radius 1 is 0.840 bits per heavy atom. The first kappa shape index (κ1) is 20.9. The monoisotopic (exact) mass is 359 g/mol. The summed E-state index contributed by atoms with van der Waals surface area (Å²) in [6, 6.07) is 0. The van der Waals surface area contributed by atoms with Crippen molar-refractivity contribution in [3.05, 3.63) is 0 Å². The molecule has 2 unspecified atom stereocenters. The van der Waals surface area contributed by atoms with Crippen LogP contribution in [0.2, 0.25) is 0 Å². The van der Waals surface area contributed by atoms with Crippen LogP contribution in [0.15, 0.2) is 0 Å². The third kappa shape index (κ3) is 5.99. The summed E-state index contributed by atoms with van der Waals surface area (Å²) in [5.74, 6) is 0. The molecule has 0 radical (unpaired) electrons. The largest absolute Gasteiger partial charge is 0.453 e. The normalized spacial score (nSPS) is 27.6. The molecule has 3 N–H and O–H groups in total. The molecular formula is C16H29N3O6. The number of rotatable bonds is 4. The molecular weight excluding hydrogens is 330 g/mol. The summed E-state index contributed by atoms with van der Waals surface area (Å²) in [4.78, 5) is 35.7. The van der Waals surface area contributed by atoms with Gasteiger partial charge >= 0.3 is 18.3 Å². The molecule has 1 aliphatic carbocycles. The lowest BCUT2D eigenvalue weighted by atomic mass is 9.64. The van der Waals surface area contributed by atoms with Gasteiger partial charge in [-0.3, -0.25) is 10.6 Å². The van der Waals surface area contributed by atoms with Crippen molar-refractivity contribution in [2.75, 3.05) is 20.8 Å². The molecule has 0 aromatic rings. The van der Waals surface area contributed by atoms with Gasteiger partial charge in [-0.2, -0.15) is 0 Å². The van der Waals surface area contributed by atoms with Crippen molar-refractivity contribution in [1.82, 2.24) is 16.0 Å². The van der Waals surface area contributed by atoms with Crippen molar-refractivity contribution in [3.63, 3.8) is 0 Å². The topological polar surface area (TPSA) is 115 Å². The summed E-state index contributed by atoms with van der Waals surface area (Å²) in [6.45, 7) is 7.70. The number of carbonyl (C=O) groups excluding carboxylic acids is 3. The Morgan fingerprint density at radius 2 is 1.36 bits per heavy atom. The molecule has 2 atom stereocenters. The van der Waals surface area contributed by atoms with E-state index in [9.17, 15) is 14.4 Å². The predicted molar refractivity (Wildman–Crippen MR) is 90.0 cm³/mol. The van der Waals surface area contributed by atoms with Crippen LogP contribution in [0, 0.1) is 5.41 Å². The molecule has 0 bridgehead atoms. The lowest BCUT2D eigenvalue weighted by Gasteiger charge is -2.52. The van der Waals surface area contributed by atoms with Crippen LogP contribution in [0.4, 0.5) is 14.4 Å². The highest BCUT2D eigenvalue weighted by molar-refractivity contribution is 5.72. The van der Waals surface area contributed by atoms with Crippen molar-refractivity contribution in [3.8, 4) is 0 Å². The fourth-order valence-electron chi connectivity index (χ4n) is 3.93. The van der Waals surface area contributed by atoms with Gasteiger partial charge < -0.3 is 19.5 Å². The molecule has 25 heavy (non-hydrogen) atoms. The highest BCUT2D eigenvalue weighted by Crippen LogP contribution is 2.45. The molecule has 0 heterocycles. The van der Waals surface area contributed by atoms with Gasteiger partial charge in [0.2, 0.25) is 0 Å². The highest BCUT2D eigenvalue weighted by atomic mass is 16.6. The van der Waals surface area contributed by atoms with Crippen molar-refractivity contribution in [2.24, 2.45) is 5.41 Å². The zero-order valence-corrected chi connectivity index (χ0v) is 15.8. The van der Waals surface area contributed by atoms with Crippen LogP contribution in [-0.2, 0) is 14.2 Å². The Hall–Kier alpha value is -2.19. The molecule has 0 spiro atoms. The summed E-state index contributed by atoms with van der Waals surface area (Å²) in [6.07, 6.45) is -0.613. The van der Waals surface area contributed by atoms with Crippen LogP contribution in [0.1, 0.15) is 47.0 Å². The van der Waals surface area contributed by atoms with E-state index in [2.05, 4.69) is 16.0 Å². The van der Waals surface area contributed by atoms with E-state index in [1.165, 1.54) is 14.2 Å². The Labute approximate surface area is 148 Å². The second kappa shape index (κ2) is 7.79. The molecule has 0 saturated heterocycles. The quantitative estimate of drug-likeness (QED) is 0.523. The van der Waals surface area contributed by atoms with E-state index in [-0.39, 0.29) is 18.4 Å². The van der Waals surface area contributed by atoms with E-state index in [1.54, 1.807) is 6.92 Å². The van der Waals surface area contributed by atoms with Gasteiger partial charge in [0, 0.05) is 12.0 Å². The SMILES string of the molecule is CCOC(=O)NC1(NC(=O)OC)CC(C)(C)CC(C)(NC(=O)OC)C1. The average molecular weight is 359 g/mol. The van der Waals surface area contributed by atoms with E-state index < -0.39 is 29.5 Å². The summed E-state index contributed by atoms with van der Waals surface area (Å²) >= 11 is 0. The van der Waals surface area contributed by atoms with E-state index in [1.807, 2.05) is 20.8 Å². The number of hydrogen-bond acceptors (Lipinski definition) is 6. The van der Waals surface area contributed by atoms with Gasteiger partial charge in [0.05, 0.1) is 20.8 Å². The second-order valence-electron chi connectivity index (χ2n) is 7.42. The van der Waals surface area contributed by atoms with Crippen molar-refractivity contribution in [2.45, 2.75) is 58.2 Å². The van der Waals surface area contributed by atoms with Gasteiger partial charge in [0.25, 0.3) is 0 Å². The van der Waals surface area contributed by atoms with Crippen molar-refractivity contribution < 1.29 is 28.6 Å². The Balaban J connectivity index is 3.19. The summed E-state index contributed by atoms with van der Waals surface area (Å²) in [5.41, 5.74) is -2.18. The predicted octanol–water partition coefficient (Wildman–Crippen LogP) is 2.11. The first-order valence-corrected chi connectivity index (χ1v) is 8.16. The van der Waals surface area contributed by atoms with Gasteiger partial charge in [0.15, 0.2) is 0 Å². The third-order valence-corrected chi connectivity index (χ3v) is 4.07. The molecule has 9 heteroatoms. The summed E-state index contributed by atoms with van der Waals surface area (Å²) in [7, 11) is 2.52. The van der Waals surface area contributed by atoms with Gasteiger partial charge in [-0.25, -0.2) is 14.4 Å². The first-order chi connectivity index (χ1) is 11.5. The molecule has 0 aromatic carbocycles. The minimum absolute atomic E-state index is 0.196. The van der Waals surface area contributed by atoms with Gasteiger partial charge in [-0.15, -0.1) is 0 Å². The minimum atomic E-state index is -1.14. The van der Waals surface area contributed by atoms with Crippen LogP contribution < -0.4 is 16.0 Å². The van der Waals surface area contributed by atoms with Crippen LogP contribution in [0.3, 0.4) is 0 Å². The number of nitrogens with one attached hydrogen (secondary N) is 3. The second-order valence-corrected chi connectivity index (χ2v) is 7.42. The van der Waals surface area contributed by atoms with E-state index >= 15 is 0 Å². The van der Waals surface area contributed by atoms with Crippen LogP contribution >= 0.6 is 0 Å². The molecule has 0 aliphatic heterocycles. The Bertz CT molecular complexity index is 524. The maximum absolute atomic E-state index is 12.0. The van der Waals surface area contributed by atoms with Gasteiger partial charge in [-0.05, 0) is 32.1 Å². The zero-order chi connectivity index (χ0) is 19.3. The number of hydrogen-bond donors (Lipinski definition) is 3. The molecule has 1 fully saturated rings. The number of alkyl carbamates (subject to hydrolysis) is 3. The maximum Gasteiger partial charge on any atom is 0.408 e. The van der Waals surface area contributed by atoms with E-state index in [4.69, 9.17) is 14.2 Å². The number of methoxy groups -OCH3 is 2. The highest BCUT2D eigenvalue weighted by Gasteiger charge is 2.52. The molecule has 1 aliphatic rings. The summed E-state index contributed by atoms with van der Waals surface area (Å²) < 4.78 is 14.4. The third-order valence-electron chi connectivity index (χ3n) is 4.07. The lowest BCUT2D eigenvalue weighted by Crippen LogP contribution is -2.70. The first-order valence-electron chi connectivity index (χ1n) is 8.16. The van der Waals surface area contributed by atoms with Crippen LogP contribution in [0.5, 0.6) is 0 Å².